The lowest BCUT2D eigenvalue weighted by Crippen LogP contribution is -2.30. The molecule has 16 heavy (non-hydrogen) atoms. The average Bonchev–Trinajstić information content (AvgIpc) is 2.96. The molecule has 1 aliphatic rings. The van der Waals surface area contributed by atoms with Gasteiger partial charge in [0.05, 0.1) is 13.2 Å². The van der Waals surface area contributed by atoms with Gasteiger partial charge in [0.15, 0.2) is 0 Å². The van der Waals surface area contributed by atoms with Gasteiger partial charge in [0.2, 0.25) is 5.91 Å². The first-order valence-electron chi connectivity index (χ1n) is 5.51. The van der Waals surface area contributed by atoms with E-state index in [4.69, 9.17) is 4.74 Å². The minimum atomic E-state index is 0.0578. The maximum Gasteiger partial charge on any atom is 0.221 e. The Labute approximate surface area is 94.0 Å². The quantitative estimate of drug-likeness (QED) is 0.753. The fourth-order valence-corrected chi connectivity index (χ4v) is 1.66. The Morgan fingerprint density at radius 3 is 3.25 bits per heavy atom. The van der Waals surface area contributed by atoms with E-state index < -0.39 is 0 Å². The zero-order valence-electron chi connectivity index (χ0n) is 9.13. The van der Waals surface area contributed by atoms with Gasteiger partial charge in [0.25, 0.3) is 0 Å². The summed E-state index contributed by atoms with van der Waals surface area (Å²) in [4.78, 5) is 15.3. The molecular weight excluding hydrogens is 208 g/mol. The van der Waals surface area contributed by atoms with Crippen molar-refractivity contribution in [2.45, 2.75) is 19.4 Å². The largest absolute Gasteiger partial charge is 0.381 e. The van der Waals surface area contributed by atoms with Crippen LogP contribution in [0.15, 0.2) is 12.7 Å². The molecule has 1 aromatic rings. The number of aryl methyl sites for hydroxylation is 1. The summed E-state index contributed by atoms with van der Waals surface area (Å²) < 4.78 is 6.89. The molecule has 1 aromatic heterocycles. The molecule has 0 saturated carbocycles. The third-order valence-electron chi connectivity index (χ3n) is 2.65. The molecule has 2 rings (SSSR count). The molecule has 0 aliphatic carbocycles. The number of aromatic nitrogens is 3. The number of ether oxygens (including phenoxy) is 1. The van der Waals surface area contributed by atoms with Crippen LogP contribution in [0.2, 0.25) is 0 Å². The highest BCUT2D eigenvalue weighted by atomic mass is 16.5. The van der Waals surface area contributed by atoms with Crippen LogP contribution < -0.4 is 5.32 Å². The van der Waals surface area contributed by atoms with Gasteiger partial charge in [-0.1, -0.05) is 0 Å². The van der Waals surface area contributed by atoms with Crippen LogP contribution in [0.3, 0.4) is 0 Å². The number of nitrogens with one attached hydrogen (secondary N) is 1. The van der Waals surface area contributed by atoms with Gasteiger partial charge in [-0.05, 0) is 6.42 Å². The van der Waals surface area contributed by atoms with E-state index in [1.54, 1.807) is 11.0 Å². The van der Waals surface area contributed by atoms with Gasteiger partial charge in [-0.3, -0.25) is 9.48 Å². The maximum absolute atomic E-state index is 11.5. The van der Waals surface area contributed by atoms with Crippen molar-refractivity contribution in [2.24, 2.45) is 5.92 Å². The summed E-state index contributed by atoms with van der Waals surface area (Å²) in [5.41, 5.74) is 0. The van der Waals surface area contributed by atoms with Gasteiger partial charge < -0.3 is 10.1 Å². The van der Waals surface area contributed by atoms with E-state index in [1.807, 2.05) is 0 Å². The van der Waals surface area contributed by atoms with E-state index in [-0.39, 0.29) is 5.91 Å². The van der Waals surface area contributed by atoms with E-state index in [0.29, 0.717) is 18.9 Å². The summed E-state index contributed by atoms with van der Waals surface area (Å²) in [6.45, 7) is 2.88. The van der Waals surface area contributed by atoms with Crippen molar-refractivity contribution in [3.05, 3.63) is 12.7 Å². The predicted molar refractivity (Wildman–Crippen MR) is 56.6 cm³/mol. The van der Waals surface area contributed by atoms with E-state index in [2.05, 4.69) is 15.4 Å². The molecule has 1 amide bonds. The van der Waals surface area contributed by atoms with Crippen LogP contribution in [0.5, 0.6) is 0 Å². The zero-order valence-corrected chi connectivity index (χ0v) is 9.13. The van der Waals surface area contributed by atoms with Crippen molar-refractivity contribution < 1.29 is 9.53 Å². The number of hydrogen-bond donors (Lipinski definition) is 1. The second-order valence-corrected chi connectivity index (χ2v) is 3.94. The molecule has 0 unspecified atom stereocenters. The first-order chi connectivity index (χ1) is 7.84. The van der Waals surface area contributed by atoms with E-state index in [1.165, 1.54) is 6.33 Å². The van der Waals surface area contributed by atoms with E-state index in [9.17, 15) is 4.79 Å². The van der Waals surface area contributed by atoms with Crippen molar-refractivity contribution in [3.8, 4) is 0 Å². The lowest BCUT2D eigenvalue weighted by Gasteiger charge is -2.09. The van der Waals surface area contributed by atoms with Crippen LogP contribution in [0.4, 0.5) is 0 Å². The third kappa shape index (κ3) is 3.30. The van der Waals surface area contributed by atoms with Crippen LogP contribution in [0.1, 0.15) is 12.8 Å². The normalized spacial score (nSPS) is 19.9. The lowest BCUT2D eigenvalue weighted by molar-refractivity contribution is -0.121. The molecular formula is C10H16N4O2. The molecule has 0 aromatic carbocycles. The minimum Gasteiger partial charge on any atom is -0.381 e. The molecule has 2 heterocycles. The molecule has 0 radical (unpaired) electrons. The molecule has 0 bridgehead atoms. The van der Waals surface area contributed by atoms with Gasteiger partial charge in [-0.25, -0.2) is 4.98 Å². The Morgan fingerprint density at radius 2 is 2.56 bits per heavy atom. The van der Waals surface area contributed by atoms with Gasteiger partial charge in [-0.15, -0.1) is 0 Å². The number of carbonyl (C=O) groups is 1. The Kier molecular flexibility index (Phi) is 3.87. The third-order valence-corrected chi connectivity index (χ3v) is 2.65. The van der Waals surface area contributed by atoms with Crippen molar-refractivity contribution in [2.75, 3.05) is 19.8 Å². The van der Waals surface area contributed by atoms with E-state index >= 15 is 0 Å². The second kappa shape index (κ2) is 5.60. The van der Waals surface area contributed by atoms with Crippen LogP contribution in [0, 0.1) is 5.92 Å². The molecule has 1 N–H and O–H groups in total. The van der Waals surface area contributed by atoms with Crippen LogP contribution in [0.25, 0.3) is 0 Å². The standard InChI is InChI=1S/C10H16N4O2/c15-10(1-3-14-8-11-7-13-14)12-5-9-2-4-16-6-9/h7-9H,1-6H2,(H,12,15)/t9-/m0/s1. The SMILES string of the molecule is O=C(CCn1cncn1)NC[C@@H]1CCOC1. The fourth-order valence-electron chi connectivity index (χ4n) is 1.66. The highest BCUT2D eigenvalue weighted by Gasteiger charge is 2.16. The molecule has 6 heteroatoms. The van der Waals surface area contributed by atoms with Crippen LogP contribution in [-0.2, 0) is 16.1 Å². The van der Waals surface area contributed by atoms with Crippen molar-refractivity contribution in [1.82, 2.24) is 20.1 Å². The molecule has 1 atom stereocenters. The number of amides is 1. The van der Waals surface area contributed by atoms with Crippen LogP contribution >= 0.6 is 0 Å². The molecule has 1 aliphatic heterocycles. The predicted octanol–water partition coefficient (Wildman–Crippen LogP) is -0.179. The highest BCUT2D eigenvalue weighted by Crippen LogP contribution is 2.10. The van der Waals surface area contributed by atoms with Crippen molar-refractivity contribution in [3.63, 3.8) is 0 Å². The topological polar surface area (TPSA) is 69.0 Å². The van der Waals surface area contributed by atoms with Gasteiger partial charge in [0.1, 0.15) is 12.7 Å². The first kappa shape index (κ1) is 11.1. The average molecular weight is 224 g/mol. The Bertz CT molecular complexity index is 320. The molecule has 6 nitrogen and oxygen atoms in total. The van der Waals surface area contributed by atoms with Crippen molar-refractivity contribution in [1.29, 1.82) is 0 Å². The van der Waals surface area contributed by atoms with Gasteiger partial charge >= 0.3 is 0 Å². The van der Waals surface area contributed by atoms with Gasteiger partial charge in [0, 0.05) is 25.5 Å². The lowest BCUT2D eigenvalue weighted by atomic mass is 10.1. The minimum absolute atomic E-state index is 0.0578. The summed E-state index contributed by atoms with van der Waals surface area (Å²) in [7, 11) is 0. The Balaban J connectivity index is 1.60. The van der Waals surface area contributed by atoms with Crippen molar-refractivity contribution >= 4 is 5.91 Å². The number of rotatable bonds is 5. The Morgan fingerprint density at radius 1 is 1.62 bits per heavy atom. The van der Waals surface area contributed by atoms with Crippen LogP contribution in [-0.4, -0.2) is 40.4 Å². The zero-order chi connectivity index (χ0) is 11.2. The highest BCUT2D eigenvalue weighted by molar-refractivity contribution is 5.75. The molecule has 1 fully saturated rings. The van der Waals surface area contributed by atoms with Gasteiger partial charge in [-0.2, -0.15) is 5.10 Å². The fraction of sp³-hybridized carbons (Fsp3) is 0.700. The monoisotopic (exact) mass is 224 g/mol. The summed E-state index contributed by atoms with van der Waals surface area (Å²) in [5, 5.41) is 6.84. The summed E-state index contributed by atoms with van der Waals surface area (Å²) in [5.74, 6) is 0.540. The Hall–Kier alpha value is -1.43. The molecule has 1 saturated heterocycles. The summed E-state index contributed by atoms with van der Waals surface area (Å²) in [6, 6.07) is 0. The van der Waals surface area contributed by atoms with E-state index in [0.717, 1.165) is 26.2 Å². The molecule has 88 valence electrons. The summed E-state index contributed by atoms with van der Waals surface area (Å²) >= 11 is 0. The maximum atomic E-state index is 11.5. The molecule has 0 spiro atoms. The first-order valence-corrected chi connectivity index (χ1v) is 5.51. The smallest absolute Gasteiger partial charge is 0.221 e. The number of hydrogen-bond acceptors (Lipinski definition) is 4. The number of nitrogens with zero attached hydrogens (tertiary/aromatic N) is 3. The number of carbonyl (C=O) groups excluding carboxylic acids is 1. The second-order valence-electron chi connectivity index (χ2n) is 3.94. The summed E-state index contributed by atoms with van der Waals surface area (Å²) in [6.07, 6.45) is 4.56.